The normalized spacial score (nSPS) is 12.0. The summed E-state index contributed by atoms with van der Waals surface area (Å²) >= 11 is 0. The molecule has 1 aromatic heterocycles. The van der Waals surface area contributed by atoms with E-state index in [2.05, 4.69) is 15.4 Å². The molecule has 1 heterocycles. The lowest BCUT2D eigenvalue weighted by atomic mass is 9.92. The molecular weight excluding hydrogens is 461 g/mol. The minimum atomic E-state index is -4.51. The van der Waals surface area contributed by atoms with Crippen LogP contribution in [0.5, 0.6) is 6.01 Å². The summed E-state index contributed by atoms with van der Waals surface area (Å²) in [6.07, 6.45) is -4.18. The molecular formula is C25H29F3N4O3. The van der Waals surface area contributed by atoms with Crippen LogP contribution in [0.25, 0.3) is 17.1 Å². The Bertz CT molecular complexity index is 1150. The molecule has 1 N–H and O–H groups in total. The second-order valence-corrected chi connectivity index (χ2v) is 9.09. The van der Waals surface area contributed by atoms with E-state index in [1.807, 2.05) is 27.7 Å². The van der Waals surface area contributed by atoms with Crippen LogP contribution in [0.2, 0.25) is 0 Å². The second kappa shape index (κ2) is 10.9. The van der Waals surface area contributed by atoms with E-state index < -0.39 is 11.7 Å². The predicted octanol–water partition coefficient (Wildman–Crippen LogP) is 5.74. The summed E-state index contributed by atoms with van der Waals surface area (Å²) in [5, 5.41) is 7.21. The summed E-state index contributed by atoms with van der Waals surface area (Å²) < 4.78 is 52.2. The van der Waals surface area contributed by atoms with Gasteiger partial charge in [0.15, 0.2) is 5.82 Å². The summed E-state index contributed by atoms with van der Waals surface area (Å²) in [7, 11) is 0. The van der Waals surface area contributed by atoms with Gasteiger partial charge in [-0.2, -0.15) is 18.2 Å². The van der Waals surface area contributed by atoms with Gasteiger partial charge in [-0.05, 0) is 42.7 Å². The Kier molecular flexibility index (Phi) is 8.16. The van der Waals surface area contributed by atoms with E-state index in [1.54, 1.807) is 24.3 Å². The average Bonchev–Trinajstić information content (AvgIpc) is 3.19. The van der Waals surface area contributed by atoms with Crippen LogP contribution in [0.4, 0.5) is 18.9 Å². The van der Waals surface area contributed by atoms with Gasteiger partial charge in [-0.3, -0.25) is 4.79 Å². The van der Waals surface area contributed by atoms with Crippen molar-refractivity contribution in [1.29, 1.82) is 0 Å². The molecule has 35 heavy (non-hydrogen) atoms. The number of aromatic nitrogens is 3. The SMILES string of the molecule is CCOCCOc1nc(-c2cccc(C(F)(F)F)c2)n(-c2cccc(NC(=O)CC(C)(C)C)c2)n1. The van der Waals surface area contributed by atoms with Gasteiger partial charge in [0, 0.05) is 24.3 Å². The minimum absolute atomic E-state index is 0.000661. The molecule has 1 amide bonds. The lowest BCUT2D eigenvalue weighted by Gasteiger charge is -2.17. The third-order valence-corrected chi connectivity index (χ3v) is 4.76. The maximum absolute atomic E-state index is 13.3. The Morgan fingerprint density at radius 2 is 1.80 bits per heavy atom. The largest absolute Gasteiger partial charge is 0.460 e. The van der Waals surface area contributed by atoms with E-state index in [-0.39, 0.29) is 35.3 Å². The molecule has 0 aliphatic carbocycles. The summed E-state index contributed by atoms with van der Waals surface area (Å²) in [5.41, 5.74) is 0.262. The van der Waals surface area contributed by atoms with E-state index in [0.29, 0.717) is 31.0 Å². The molecule has 188 valence electrons. The predicted molar refractivity (Wildman–Crippen MR) is 126 cm³/mol. The molecule has 7 nitrogen and oxygen atoms in total. The van der Waals surface area contributed by atoms with E-state index >= 15 is 0 Å². The van der Waals surface area contributed by atoms with Gasteiger partial charge in [-0.1, -0.05) is 39.0 Å². The Morgan fingerprint density at radius 3 is 2.49 bits per heavy atom. The van der Waals surface area contributed by atoms with Gasteiger partial charge in [-0.15, -0.1) is 5.10 Å². The summed E-state index contributed by atoms with van der Waals surface area (Å²) in [6, 6.07) is 11.7. The fourth-order valence-electron chi connectivity index (χ4n) is 3.29. The summed E-state index contributed by atoms with van der Waals surface area (Å²) in [4.78, 5) is 16.7. The van der Waals surface area contributed by atoms with Crippen molar-refractivity contribution in [2.45, 2.75) is 40.3 Å². The van der Waals surface area contributed by atoms with E-state index in [9.17, 15) is 18.0 Å². The number of halogens is 3. The van der Waals surface area contributed by atoms with Crippen LogP contribution < -0.4 is 10.1 Å². The maximum atomic E-state index is 13.3. The van der Waals surface area contributed by atoms with Gasteiger partial charge in [0.2, 0.25) is 5.91 Å². The number of carbonyl (C=O) groups is 1. The van der Waals surface area contributed by atoms with Crippen molar-refractivity contribution in [3.63, 3.8) is 0 Å². The quantitative estimate of drug-likeness (QED) is 0.387. The standard InChI is InChI=1S/C25H29F3N4O3/c1-5-34-12-13-35-23-30-22(17-8-6-9-18(14-17)25(26,27)28)32(31-23)20-11-7-10-19(15-20)29-21(33)16-24(2,3)4/h6-11,14-15H,5,12-13,16H2,1-4H3,(H,29,33). The van der Waals surface area contributed by atoms with Gasteiger partial charge >= 0.3 is 12.2 Å². The van der Waals surface area contributed by atoms with Crippen LogP contribution in [0.15, 0.2) is 48.5 Å². The molecule has 0 unspecified atom stereocenters. The van der Waals surface area contributed by atoms with Crippen molar-refractivity contribution in [3.8, 4) is 23.1 Å². The Balaban J connectivity index is 1.98. The highest BCUT2D eigenvalue weighted by Gasteiger charge is 2.31. The monoisotopic (exact) mass is 490 g/mol. The first-order valence-corrected chi connectivity index (χ1v) is 11.2. The van der Waals surface area contributed by atoms with Gasteiger partial charge in [0.1, 0.15) is 6.61 Å². The third-order valence-electron chi connectivity index (χ3n) is 4.76. The minimum Gasteiger partial charge on any atom is -0.460 e. The Morgan fingerprint density at radius 1 is 1.06 bits per heavy atom. The molecule has 0 aliphatic heterocycles. The van der Waals surface area contributed by atoms with Crippen LogP contribution in [-0.2, 0) is 15.7 Å². The molecule has 3 rings (SSSR count). The number of nitrogens with zero attached hydrogens (tertiary/aromatic N) is 3. The zero-order valence-corrected chi connectivity index (χ0v) is 20.1. The van der Waals surface area contributed by atoms with Crippen LogP contribution in [-0.4, -0.2) is 40.5 Å². The fraction of sp³-hybridized carbons (Fsp3) is 0.400. The first kappa shape index (κ1) is 26.2. The number of ether oxygens (including phenoxy) is 2. The molecule has 0 atom stereocenters. The van der Waals surface area contributed by atoms with Crippen LogP contribution in [0, 0.1) is 5.41 Å². The van der Waals surface area contributed by atoms with E-state index in [0.717, 1.165) is 12.1 Å². The number of benzene rings is 2. The van der Waals surface area contributed by atoms with Crippen LogP contribution in [0.3, 0.4) is 0 Å². The van der Waals surface area contributed by atoms with Crippen molar-refractivity contribution in [1.82, 2.24) is 14.8 Å². The molecule has 0 saturated heterocycles. The number of anilines is 1. The molecule has 0 fully saturated rings. The zero-order chi connectivity index (χ0) is 25.6. The van der Waals surface area contributed by atoms with E-state index in [1.165, 1.54) is 16.8 Å². The van der Waals surface area contributed by atoms with Crippen molar-refractivity contribution >= 4 is 11.6 Å². The Hall–Kier alpha value is -3.40. The van der Waals surface area contributed by atoms with Gasteiger partial charge in [0.25, 0.3) is 0 Å². The van der Waals surface area contributed by atoms with Crippen LogP contribution >= 0.6 is 0 Å². The molecule has 0 bridgehead atoms. The zero-order valence-electron chi connectivity index (χ0n) is 20.1. The van der Waals surface area contributed by atoms with Crippen molar-refractivity contribution < 1.29 is 27.4 Å². The lowest BCUT2D eigenvalue weighted by molar-refractivity contribution is -0.137. The molecule has 0 saturated carbocycles. The summed E-state index contributed by atoms with van der Waals surface area (Å²) in [6.45, 7) is 8.77. The highest BCUT2D eigenvalue weighted by molar-refractivity contribution is 5.91. The molecule has 0 spiro atoms. The number of hydrogen-bond acceptors (Lipinski definition) is 5. The second-order valence-electron chi connectivity index (χ2n) is 9.09. The van der Waals surface area contributed by atoms with Crippen LogP contribution in [0.1, 0.15) is 39.7 Å². The first-order valence-electron chi connectivity index (χ1n) is 11.2. The molecule has 0 aliphatic rings. The number of hydrogen-bond donors (Lipinski definition) is 1. The Labute approximate surface area is 202 Å². The molecule has 10 heteroatoms. The van der Waals surface area contributed by atoms with Crippen molar-refractivity contribution in [2.75, 3.05) is 25.1 Å². The number of rotatable bonds is 9. The number of carbonyl (C=O) groups excluding carboxylic acids is 1. The average molecular weight is 491 g/mol. The number of alkyl halides is 3. The lowest BCUT2D eigenvalue weighted by Crippen LogP contribution is -2.19. The fourth-order valence-corrected chi connectivity index (χ4v) is 3.29. The first-order chi connectivity index (χ1) is 16.5. The van der Waals surface area contributed by atoms with Crippen molar-refractivity contribution in [3.05, 3.63) is 54.1 Å². The molecule has 0 radical (unpaired) electrons. The smallest absolute Gasteiger partial charge is 0.416 e. The van der Waals surface area contributed by atoms with E-state index in [4.69, 9.17) is 9.47 Å². The number of amides is 1. The van der Waals surface area contributed by atoms with Crippen molar-refractivity contribution in [2.24, 2.45) is 5.41 Å². The molecule has 2 aromatic carbocycles. The van der Waals surface area contributed by atoms with Gasteiger partial charge in [-0.25, -0.2) is 4.68 Å². The molecule has 3 aromatic rings. The number of nitrogens with one attached hydrogen (secondary N) is 1. The highest BCUT2D eigenvalue weighted by Crippen LogP contribution is 2.33. The third kappa shape index (κ3) is 7.54. The maximum Gasteiger partial charge on any atom is 0.416 e. The van der Waals surface area contributed by atoms with Gasteiger partial charge < -0.3 is 14.8 Å². The highest BCUT2D eigenvalue weighted by atomic mass is 19.4. The van der Waals surface area contributed by atoms with Gasteiger partial charge in [0.05, 0.1) is 17.9 Å². The summed E-state index contributed by atoms with van der Waals surface area (Å²) in [5.74, 6) is 0.0203. The topological polar surface area (TPSA) is 78.3 Å².